The van der Waals surface area contributed by atoms with Gasteiger partial charge in [0.25, 0.3) is 0 Å². The average Bonchev–Trinajstić information content (AvgIpc) is 3.03. The molecule has 2 rings (SSSR count). The zero-order valence-corrected chi connectivity index (χ0v) is 15.4. The zero-order chi connectivity index (χ0) is 17.5. The molecule has 0 N–H and O–H groups in total. The van der Waals surface area contributed by atoms with Gasteiger partial charge in [-0.05, 0) is 39.3 Å². The second kappa shape index (κ2) is 8.97. The number of carbonyl (C=O) groups is 1. The van der Waals surface area contributed by atoms with Crippen molar-refractivity contribution in [3.05, 3.63) is 17.6 Å². The van der Waals surface area contributed by atoms with E-state index in [-0.39, 0.29) is 5.97 Å². The van der Waals surface area contributed by atoms with Gasteiger partial charge in [-0.1, -0.05) is 13.8 Å². The molecule has 1 saturated heterocycles. The first-order valence-electron chi connectivity index (χ1n) is 9.05. The molecule has 1 atom stereocenters. The molecule has 1 aromatic rings. The van der Waals surface area contributed by atoms with Gasteiger partial charge in [0.05, 0.1) is 6.61 Å². The monoisotopic (exact) mass is 334 g/mol. The summed E-state index contributed by atoms with van der Waals surface area (Å²) in [6.07, 6.45) is 4.68. The van der Waals surface area contributed by atoms with E-state index in [9.17, 15) is 4.79 Å². The third-order valence-corrected chi connectivity index (χ3v) is 4.39. The first-order valence-corrected chi connectivity index (χ1v) is 9.05. The summed E-state index contributed by atoms with van der Waals surface area (Å²) in [4.78, 5) is 25.7. The summed E-state index contributed by atoms with van der Waals surface area (Å²) in [7, 11) is 2.18. The van der Waals surface area contributed by atoms with Crippen molar-refractivity contribution < 1.29 is 9.53 Å². The Hall–Kier alpha value is -1.69. The van der Waals surface area contributed by atoms with Gasteiger partial charge in [0.1, 0.15) is 17.2 Å². The van der Waals surface area contributed by atoms with Gasteiger partial charge < -0.3 is 14.5 Å². The van der Waals surface area contributed by atoms with Crippen LogP contribution in [0.3, 0.4) is 0 Å². The molecule has 0 aliphatic carbocycles. The highest BCUT2D eigenvalue weighted by molar-refractivity contribution is 5.94. The molecule has 6 nitrogen and oxygen atoms in total. The van der Waals surface area contributed by atoms with Crippen LogP contribution >= 0.6 is 0 Å². The molecule has 0 amide bonds. The standard InChI is InChI=1S/C18H30N4O2/c1-5-9-21(4)12-14-8-10-22(13-14)17-15(18(23)24-7-3)11-19-16(6-2)20-17/h11,14H,5-10,12-13H2,1-4H3. The molecule has 1 aromatic heterocycles. The Kier molecular flexibility index (Phi) is 6.97. The normalized spacial score (nSPS) is 17.5. The molecule has 1 aliphatic heterocycles. The van der Waals surface area contributed by atoms with Crippen LogP contribution in [0.1, 0.15) is 49.8 Å². The van der Waals surface area contributed by atoms with E-state index in [2.05, 4.69) is 33.7 Å². The van der Waals surface area contributed by atoms with Crippen LogP contribution in [0.4, 0.5) is 5.82 Å². The van der Waals surface area contributed by atoms with Crippen molar-refractivity contribution in [3.63, 3.8) is 0 Å². The van der Waals surface area contributed by atoms with E-state index < -0.39 is 0 Å². The predicted octanol–water partition coefficient (Wildman–Crippen LogP) is 2.38. The Morgan fingerprint density at radius 3 is 2.88 bits per heavy atom. The number of nitrogens with zero attached hydrogens (tertiary/aromatic N) is 4. The molecule has 0 saturated carbocycles. The van der Waals surface area contributed by atoms with Crippen LogP contribution in [0.25, 0.3) is 0 Å². The minimum absolute atomic E-state index is 0.332. The third kappa shape index (κ3) is 4.66. The fraction of sp³-hybridized carbons (Fsp3) is 0.722. The highest BCUT2D eigenvalue weighted by Gasteiger charge is 2.28. The summed E-state index contributed by atoms with van der Waals surface area (Å²) in [6, 6.07) is 0. The van der Waals surface area contributed by atoms with Crippen LogP contribution in [0.5, 0.6) is 0 Å². The van der Waals surface area contributed by atoms with Crippen molar-refractivity contribution in [1.82, 2.24) is 14.9 Å². The minimum Gasteiger partial charge on any atom is -0.462 e. The lowest BCUT2D eigenvalue weighted by Crippen LogP contribution is -2.30. The highest BCUT2D eigenvalue weighted by Crippen LogP contribution is 2.26. The van der Waals surface area contributed by atoms with Crippen molar-refractivity contribution in [2.75, 3.05) is 44.7 Å². The Morgan fingerprint density at radius 2 is 2.21 bits per heavy atom. The average molecular weight is 334 g/mol. The third-order valence-electron chi connectivity index (χ3n) is 4.39. The summed E-state index contributed by atoms with van der Waals surface area (Å²) < 4.78 is 5.17. The molecule has 0 spiro atoms. The number of anilines is 1. The van der Waals surface area contributed by atoms with E-state index >= 15 is 0 Å². The van der Waals surface area contributed by atoms with Gasteiger partial charge in [0, 0.05) is 32.3 Å². The molecule has 1 aliphatic rings. The predicted molar refractivity (Wildman–Crippen MR) is 95.5 cm³/mol. The first kappa shape index (κ1) is 18.6. The number of esters is 1. The van der Waals surface area contributed by atoms with Crippen molar-refractivity contribution in [3.8, 4) is 0 Å². The second-order valence-corrected chi connectivity index (χ2v) is 6.46. The highest BCUT2D eigenvalue weighted by atomic mass is 16.5. The quantitative estimate of drug-likeness (QED) is 0.680. The summed E-state index contributed by atoms with van der Waals surface area (Å²) in [5.74, 6) is 1.78. The number of carbonyl (C=O) groups excluding carboxylic acids is 1. The summed E-state index contributed by atoms with van der Waals surface area (Å²) in [5.41, 5.74) is 0.483. The molecule has 6 heteroatoms. The smallest absolute Gasteiger partial charge is 0.343 e. The molecular formula is C18H30N4O2. The van der Waals surface area contributed by atoms with E-state index in [1.165, 1.54) is 6.42 Å². The minimum atomic E-state index is -0.332. The van der Waals surface area contributed by atoms with Gasteiger partial charge in [0.2, 0.25) is 0 Å². The molecule has 24 heavy (non-hydrogen) atoms. The molecular weight excluding hydrogens is 304 g/mol. The number of hydrogen-bond donors (Lipinski definition) is 0. The molecule has 0 bridgehead atoms. The molecule has 134 valence electrons. The van der Waals surface area contributed by atoms with E-state index in [0.717, 1.165) is 50.7 Å². The van der Waals surface area contributed by atoms with Gasteiger partial charge >= 0.3 is 5.97 Å². The van der Waals surface area contributed by atoms with Gasteiger partial charge in [-0.25, -0.2) is 14.8 Å². The van der Waals surface area contributed by atoms with E-state index in [0.29, 0.717) is 18.1 Å². The van der Waals surface area contributed by atoms with Crippen molar-refractivity contribution in [1.29, 1.82) is 0 Å². The lowest BCUT2D eigenvalue weighted by Gasteiger charge is -2.22. The summed E-state index contributed by atoms with van der Waals surface area (Å²) >= 11 is 0. The molecule has 1 unspecified atom stereocenters. The largest absolute Gasteiger partial charge is 0.462 e. The number of rotatable bonds is 8. The fourth-order valence-electron chi connectivity index (χ4n) is 3.26. The molecule has 2 heterocycles. The number of aryl methyl sites for hydroxylation is 1. The Morgan fingerprint density at radius 1 is 1.42 bits per heavy atom. The molecule has 1 fully saturated rings. The maximum Gasteiger partial charge on any atom is 0.343 e. The van der Waals surface area contributed by atoms with Crippen LogP contribution in [0.2, 0.25) is 0 Å². The Labute approximate surface area is 145 Å². The van der Waals surface area contributed by atoms with E-state index in [1.54, 1.807) is 6.20 Å². The van der Waals surface area contributed by atoms with Crippen LogP contribution in [-0.4, -0.2) is 60.7 Å². The Balaban J connectivity index is 2.14. The first-order chi connectivity index (χ1) is 11.6. The molecule has 0 radical (unpaired) electrons. The van der Waals surface area contributed by atoms with Crippen molar-refractivity contribution >= 4 is 11.8 Å². The fourth-order valence-corrected chi connectivity index (χ4v) is 3.26. The number of ether oxygens (including phenoxy) is 1. The van der Waals surface area contributed by atoms with E-state index in [1.807, 2.05) is 13.8 Å². The molecule has 0 aromatic carbocycles. The van der Waals surface area contributed by atoms with Crippen LogP contribution < -0.4 is 4.90 Å². The maximum atomic E-state index is 12.2. The van der Waals surface area contributed by atoms with Gasteiger partial charge in [-0.3, -0.25) is 0 Å². The SMILES string of the molecule is CCCN(C)CC1CCN(c2nc(CC)ncc2C(=O)OCC)C1. The second-order valence-electron chi connectivity index (χ2n) is 6.46. The van der Waals surface area contributed by atoms with Gasteiger partial charge in [-0.15, -0.1) is 0 Å². The summed E-state index contributed by atoms with van der Waals surface area (Å²) in [6.45, 7) is 10.5. The number of aromatic nitrogens is 2. The van der Waals surface area contributed by atoms with Crippen LogP contribution in [0, 0.1) is 5.92 Å². The van der Waals surface area contributed by atoms with Gasteiger partial charge in [-0.2, -0.15) is 0 Å². The lowest BCUT2D eigenvalue weighted by molar-refractivity contribution is 0.0526. The lowest BCUT2D eigenvalue weighted by atomic mass is 10.1. The number of hydrogen-bond acceptors (Lipinski definition) is 6. The van der Waals surface area contributed by atoms with Gasteiger partial charge in [0.15, 0.2) is 0 Å². The van der Waals surface area contributed by atoms with Crippen LogP contribution in [0.15, 0.2) is 6.20 Å². The van der Waals surface area contributed by atoms with Crippen molar-refractivity contribution in [2.24, 2.45) is 5.92 Å². The van der Waals surface area contributed by atoms with E-state index in [4.69, 9.17) is 4.74 Å². The van der Waals surface area contributed by atoms with Crippen molar-refractivity contribution in [2.45, 2.75) is 40.0 Å². The topological polar surface area (TPSA) is 58.6 Å². The summed E-state index contributed by atoms with van der Waals surface area (Å²) in [5, 5.41) is 0. The van der Waals surface area contributed by atoms with Crippen LogP contribution in [-0.2, 0) is 11.2 Å². The maximum absolute atomic E-state index is 12.2. The zero-order valence-electron chi connectivity index (χ0n) is 15.4. The Bertz CT molecular complexity index is 550.